The van der Waals surface area contributed by atoms with Gasteiger partial charge >= 0.3 is 0 Å². The van der Waals surface area contributed by atoms with Gasteiger partial charge in [0, 0.05) is 29.7 Å². The van der Waals surface area contributed by atoms with Crippen molar-refractivity contribution >= 4 is 27.8 Å². The van der Waals surface area contributed by atoms with Gasteiger partial charge in [0.1, 0.15) is 0 Å². The van der Waals surface area contributed by atoms with Gasteiger partial charge in [-0.3, -0.25) is 9.79 Å². The van der Waals surface area contributed by atoms with E-state index in [0.29, 0.717) is 24.6 Å². The van der Waals surface area contributed by atoms with Crippen molar-refractivity contribution in [3.63, 3.8) is 0 Å². The van der Waals surface area contributed by atoms with Gasteiger partial charge in [0.2, 0.25) is 0 Å². The fraction of sp³-hybridized carbons (Fsp3) is 0.467. The normalized spacial score (nSPS) is 11.2. The number of benzene rings is 1. The first kappa shape index (κ1) is 17.5. The Balaban J connectivity index is 2.17. The number of hydrogen-bond donors (Lipinski definition) is 3. The molecule has 4 N–H and O–H groups in total. The minimum Gasteiger partial charge on any atom is -0.370 e. The number of carbonyl (C=O) groups excluding carboxylic acids is 1. The highest BCUT2D eigenvalue weighted by molar-refractivity contribution is 9.10. The maximum Gasteiger partial charge on any atom is 0.251 e. The second-order valence-corrected chi connectivity index (χ2v) is 5.58. The highest BCUT2D eigenvalue weighted by Gasteiger charge is 2.03. The third-order valence-corrected chi connectivity index (χ3v) is 3.37. The van der Waals surface area contributed by atoms with E-state index in [1.54, 1.807) is 12.1 Å². The van der Waals surface area contributed by atoms with Crippen molar-refractivity contribution in [2.75, 3.05) is 19.6 Å². The summed E-state index contributed by atoms with van der Waals surface area (Å²) in [6.07, 6.45) is 2.97. The van der Waals surface area contributed by atoms with Crippen LogP contribution in [0.4, 0.5) is 0 Å². The maximum atomic E-state index is 11.8. The average molecular weight is 355 g/mol. The van der Waals surface area contributed by atoms with E-state index >= 15 is 0 Å². The number of unbranched alkanes of at least 4 members (excludes halogenated alkanes) is 1. The lowest BCUT2D eigenvalue weighted by molar-refractivity contribution is 0.0953. The van der Waals surface area contributed by atoms with Crippen LogP contribution in [0.5, 0.6) is 0 Å². The SMILES string of the molecule is CCCCNC(N)=NCCCNC(=O)c1ccc(Br)cc1. The molecule has 1 amide bonds. The van der Waals surface area contributed by atoms with Crippen LogP contribution >= 0.6 is 15.9 Å². The van der Waals surface area contributed by atoms with Crippen LogP contribution in [0.1, 0.15) is 36.5 Å². The number of guanidine groups is 1. The molecule has 0 spiro atoms. The Kier molecular flexibility index (Phi) is 8.50. The van der Waals surface area contributed by atoms with E-state index in [0.717, 1.165) is 30.3 Å². The molecule has 0 saturated heterocycles. The first-order valence-electron chi connectivity index (χ1n) is 7.21. The zero-order valence-corrected chi connectivity index (χ0v) is 13.9. The van der Waals surface area contributed by atoms with E-state index in [2.05, 4.69) is 38.5 Å². The number of nitrogens with one attached hydrogen (secondary N) is 2. The van der Waals surface area contributed by atoms with E-state index in [9.17, 15) is 4.79 Å². The van der Waals surface area contributed by atoms with Gasteiger partial charge in [-0.2, -0.15) is 0 Å². The molecule has 0 aliphatic carbocycles. The molecule has 1 rings (SSSR count). The van der Waals surface area contributed by atoms with Crippen molar-refractivity contribution in [1.82, 2.24) is 10.6 Å². The number of amides is 1. The van der Waals surface area contributed by atoms with Crippen molar-refractivity contribution in [3.05, 3.63) is 34.3 Å². The first-order valence-corrected chi connectivity index (χ1v) is 8.00. The molecular formula is C15H23BrN4O. The van der Waals surface area contributed by atoms with Crippen LogP contribution < -0.4 is 16.4 Å². The summed E-state index contributed by atoms with van der Waals surface area (Å²) in [5.74, 6) is 0.406. The van der Waals surface area contributed by atoms with Crippen LogP contribution in [0.25, 0.3) is 0 Å². The van der Waals surface area contributed by atoms with E-state index in [1.165, 1.54) is 0 Å². The predicted octanol–water partition coefficient (Wildman–Crippen LogP) is 2.27. The van der Waals surface area contributed by atoms with Crippen LogP contribution in [0, 0.1) is 0 Å². The van der Waals surface area contributed by atoms with Crippen LogP contribution in [-0.4, -0.2) is 31.5 Å². The molecule has 0 bridgehead atoms. The van der Waals surface area contributed by atoms with Gasteiger partial charge in [0.15, 0.2) is 5.96 Å². The Labute approximate surface area is 134 Å². The van der Waals surface area contributed by atoms with Crippen molar-refractivity contribution in [2.24, 2.45) is 10.7 Å². The van der Waals surface area contributed by atoms with Gasteiger partial charge in [-0.05, 0) is 37.1 Å². The average Bonchev–Trinajstić information content (AvgIpc) is 2.47. The fourth-order valence-corrected chi connectivity index (χ4v) is 1.90. The van der Waals surface area contributed by atoms with Crippen LogP contribution in [0.3, 0.4) is 0 Å². The molecule has 0 fully saturated rings. The number of nitrogens with two attached hydrogens (primary N) is 1. The smallest absolute Gasteiger partial charge is 0.251 e. The highest BCUT2D eigenvalue weighted by Crippen LogP contribution is 2.10. The second kappa shape index (κ2) is 10.2. The Morgan fingerprint density at radius 1 is 1.19 bits per heavy atom. The third-order valence-electron chi connectivity index (χ3n) is 2.85. The Morgan fingerprint density at radius 2 is 1.86 bits per heavy atom. The number of rotatable bonds is 8. The van der Waals surface area contributed by atoms with Gasteiger partial charge < -0.3 is 16.4 Å². The van der Waals surface area contributed by atoms with Gasteiger partial charge in [-0.15, -0.1) is 0 Å². The van der Waals surface area contributed by atoms with E-state index in [4.69, 9.17) is 5.73 Å². The summed E-state index contributed by atoms with van der Waals surface area (Å²) >= 11 is 3.34. The summed E-state index contributed by atoms with van der Waals surface area (Å²) in [6, 6.07) is 7.27. The molecule has 5 nitrogen and oxygen atoms in total. The van der Waals surface area contributed by atoms with Gasteiger partial charge in [0.05, 0.1) is 0 Å². The first-order chi connectivity index (χ1) is 10.1. The van der Waals surface area contributed by atoms with E-state index < -0.39 is 0 Å². The number of halogens is 1. The minimum atomic E-state index is -0.0690. The number of aliphatic imine (C=N–C) groups is 1. The molecule has 1 aromatic carbocycles. The molecule has 0 atom stereocenters. The second-order valence-electron chi connectivity index (χ2n) is 4.66. The Bertz CT molecular complexity index is 459. The molecule has 6 heteroatoms. The predicted molar refractivity (Wildman–Crippen MR) is 90.5 cm³/mol. The summed E-state index contributed by atoms with van der Waals surface area (Å²) in [7, 11) is 0. The Hall–Kier alpha value is -1.56. The number of carbonyl (C=O) groups is 1. The lowest BCUT2D eigenvalue weighted by Crippen LogP contribution is -2.32. The number of hydrogen-bond acceptors (Lipinski definition) is 2. The molecule has 0 aliphatic heterocycles. The summed E-state index contributed by atoms with van der Waals surface area (Å²) in [4.78, 5) is 16.0. The van der Waals surface area contributed by atoms with E-state index in [1.807, 2.05) is 12.1 Å². The molecule has 0 saturated carbocycles. The molecule has 0 aliphatic rings. The van der Waals surface area contributed by atoms with Crippen LogP contribution in [0.15, 0.2) is 33.7 Å². The summed E-state index contributed by atoms with van der Waals surface area (Å²) in [6.45, 7) is 4.17. The van der Waals surface area contributed by atoms with Gasteiger partial charge in [-0.25, -0.2) is 0 Å². The van der Waals surface area contributed by atoms with Crippen LogP contribution in [0.2, 0.25) is 0 Å². The molecule has 1 aromatic rings. The monoisotopic (exact) mass is 354 g/mol. The largest absolute Gasteiger partial charge is 0.370 e. The molecule has 21 heavy (non-hydrogen) atoms. The molecule has 116 valence electrons. The van der Waals surface area contributed by atoms with Crippen molar-refractivity contribution in [2.45, 2.75) is 26.2 Å². The van der Waals surface area contributed by atoms with Crippen LogP contribution in [-0.2, 0) is 0 Å². The minimum absolute atomic E-state index is 0.0690. The quantitative estimate of drug-likeness (QED) is 0.380. The highest BCUT2D eigenvalue weighted by atomic mass is 79.9. The van der Waals surface area contributed by atoms with Gasteiger partial charge in [-0.1, -0.05) is 29.3 Å². The third kappa shape index (κ3) is 7.70. The zero-order chi connectivity index (χ0) is 15.5. The van der Waals surface area contributed by atoms with Crippen molar-refractivity contribution < 1.29 is 4.79 Å². The molecule has 0 unspecified atom stereocenters. The zero-order valence-electron chi connectivity index (χ0n) is 12.4. The van der Waals surface area contributed by atoms with Crippen molar-refractivity contribution in [3.8, 4) is 0 Å². The Morgan fingerprint density at radius 3 is 2.52 bits per heavy atom. The maximum absolute atomic E-state index is 11.8. The summed E-state index contributed by atoms with van der Waals surface area (Å²) < 4.78 is 0.958. The topological polar surface area (TPSA) is 79.5 Å². The summed E-state index contributed by atoms with van der Waals surface area (Å²) in [5, 5.41) is 5.91. The molecular weight excluding hydrogens is 332 g/mol. The van der Waals surface area contributed by atoms with Crippen molar-refractivity contribution in [1.29, 1.82) is 0 Å². The fourth-order valence-electron chi connectivity index (χ4n) is 1.63. The molecule has 0 aromatic heterocycles. The lowest BCUT2D eigenvalue weighted by atomic mass is 10.2. The molecule has 0 radical (unpaired) electrons. The molecule has 0 heterocycles. The number of nitrogens with zero attached hydrogens (tertiary/aromatic N) is 1. The lowest BCUT2D eigenvalue weighted by Gasteiger charge is -2.06. The van der Waals surface area contributed by atoms with Gasteiger partial charge in [0.25, 0.3) is 5.91 Å². The standard InChI is InChI=1S/C15H23BrN4O/c1-2-3-9-19-15(17)20-11-4-10-18-14(21)12-5-7-13(16)8-6-12/h5-8H,2-4,9-11H2,1H3,(H,18,21)(H3,17,19,20). The summed E-state index contributed by atoms with van der Waals surface area (Å²) in [5.41, 5.74) is 6.36. The van der Waals surface area contributed by atoms with E-state index in [-0.39, 0.29) is 5.91 Å².